The number of rotatable bonds is 23. The number of ketones is 2. The molecule has 0 bridgehead atoms. The monoisotopic (exact) mass is 1370 g/mol. The number of hydrogen-bond donors (Lipinski definition) is 4. The lowest BCUT2D eigenvalue weighted by Gasteiger charge is -2.41. The molecular formula is C75H100N6O18. The Labute approximate surface area is 580 Å². The van der Waals surface area contributed by atoms with Crippen LogP contribution < -0.4 is 21.7 Å². The van der Waals surface area contributed by atoms with Gasteiger partial charge < -0.3 is 64.6 Å². The van der Waals surface area contributed by atoms with Crippen molar-refractivity contribution in [2.24, 2.45) is 17.6 Å². The van der Waals surface area contributed by atoms with Gasteiger partial charge in [0.1, 0.15) is 34.6 Å². The van der Waals surface area contributed by atoms with E-state index in [9.17, 15) is 52.7 Å². The van der Waals surface area contributed by atoms with Gasteiger partial charge in [0.05, 0.1) is 56.5 Å². The number of esters is 4. The highest BCUT2D eigenvalue weighted by Gasteiger charge is 2.47. The molecule has 0 unspecified atom stereocenters. The van der Waals surface area contributed by atoms with Gasteiger partial charge in [0.15, 0.2) is 11.6 Å². The minimum absolute atomic E-state index is 0.00325. The van der Waals surface area contributed by atoms with Gasteiger partial charge in [0.25, 0.3) is 0 Å². The fourth-order valence-corrected chi connectivity index (χ4v) is 11.8. The Bertz CT molecular complexity index is 3450. The molecule has 1 aliphatic carbocycles. The number of nitrogens with one attached hydrogen (secondary N) is 3. The predicted octanol–water partition coefficient (Wildman–Crippen LogP) is 9.43. The van der Waals surface area contributed by atoms with Crippen LogP contribution in [-0.4, -0.2) is 168 Å². The molecule has 24 heteroatoms. The van der Waals surface area contributed by atoms with Gasteiger partial charge in [0, 0.05) is 44.9 Å². The molecule has 2 fully saturated rings. The molecule has 5 N–H and O–H groups in total. The summed E-state index contributed by atoms with van der Waals surface area (Å²) >= 11 is 0. The van der Waals surface area contributed by atoms with Crippen LogP contribution in [0.2, 0.25) is 0 Å². The lowest BCUT2D eigenvalue weighted by atomic mass is 9.85. The maximum absolute atomic E-state index is 14.6. The highest BCUT2D eigenvalue weighted by Crippen LogP contribution is 2.44. The number of piperidine rings is 2. The van der Waals surface area contributed by atoms with Crippen molar-refractivity contribution in [3.05, 3.63) is 131 Å². The van der Waals surface area contributed by atoms with Crippen molar-refractivity contribution in [1.82, 2.24) is 25.8 Å². The van der Waals surface area contributed by atoms with Gasteiger partial charge in [-0.3, -0.25) is 38.4 Å². The molecule has 2 saturated heterocycles. The Balaban J connectivity index is 0.000000332. The van der Waals surface area contributed by atoms with Crippen molar-refractivity contribution in [2.75, 3.05) is 47.0 Å². The molecule has 5 amide bonds. The summed E-state index contributed by atoms with van der Waals surface area (Å²) in [7, 11) is 2.35. The number of fused-ring (bicyclic) bond motifs is 3. The van der Waals surface area contributed by atoms with Crippen molar-refractivity contribution < 1.29 is 85.9 Å². The Morgan fingerprint density at radius 2 is 0.828 bits per heavy atom. The molecule has 0 radical (unpaired) electrons. The average Bonchev–Trinajstić information content (AvgIpc) is 1.66. The highest BCUT2D eigenvalue weighted by molar-refractivity contribution is 5.97. The number of carbonyl (C=O) groups excluding carboxylic acids is 11. The zero-order valence-electron chi connectivity index (χ0n) is 59.7. The first-order valence-corrected chi connectivity index (χ1v) is 33.5. The largest absolute Gasteiger partial charge is 0.469 e. The molecule has 24 nitrogen and oxygen atoms in total. The van der Waals surface area contributed by atoms with Crippen LogP contribution in [0.3, 0.4) is 0 Å². The number of ether oxygens (including phenoxy) is 7. The number of nitrogens with zero attached hydrogens (tertiary/aromatic N) is 2. The third-order valence-electron chi connectivity index (χ3n) is 16.7. The number of amides is 5. The Morgan fingerprint density at radius 3 is 1.20 bits per heavy atom. The van der Waals surface area contributed by atoms with E-state index in [1.807, 2.05) is 84.9 Å². The van der Waals surface area contributed by atoms with Crippen molar-refractivity contribution >= 4 is 65.5 Å². The van der Waals surface area contributed by atoms with Crippen LogP contribution in [0.25, 0.3) is 11.1 Å². The Hall–Kier alpha value is -9.19. The van der Waals surface area contributed by atoms with Gasteiger partial charge in [-0.1, -0.05) is 109 Å². The summed E-state index contributed by atoms with van der Waals surface area (Å²) in [4.78, 5) is 149. The lowest BCUT2D eigenvalue weighted by molar-refractivity contribution is -0.161. The summed E-state index contributed by atoms with van der Waals surface area (Å²) in [6.07, 6.45) is -2.86. The van der Waals surface area contributed by atoms with Gasteiger partial charge in [-0.15, -0.1) is 0 Å². The van der Waals surface area contributed by atoms with Gasteiger partial charge >= 0.3 is 42.2 Å². The summed E-state index contributed by atoms with van der Waals surface area (Å²) in [5, 5.41) is 8.51. The van der Waals surface area contributed by atoms with Gasteiger partial charge in [-0.25, -0.2) is 14.4 Å². The SMILES string of the molecule is COC(=O)[C@H](CC(=O)OC(C)(C)C)CC(=O)[C@H](Cc1ccccc1)NC(=O)C1(N)CCN(C(=O)OC(C)(C)C)CC1.COC(=O)[C@H](CC(=O)OC(C)(C)C)CC(=O)[C@H](Cc1ccccc1)NC(=O)C1(NC(=O)OCC2c3ccccc3-c3ccccc32)CCN(C(=O)OC(C)(C)C)CC1. The lowest BCUT2D eigenvalue weighted by Crippen LogP contribution is -2.65. The number of carbonyl (C=O) groups is 11. The topological polar surface area (TPSA) is 321 Å². The molecule has 7 rings (SSSR count). The van der Waals surface area contributed by atoms with E-state index in [0.29, 0.717) is 0 Å². The zero-order chi connectivity index (χ0) is 73.3. The van der Waals surface area contributed by atoms with Gasteiger partial charge in [-0.05, 0) is 155 Å². The molecule has 538 valence electrons. The molecule has 4 atom stereocenters. The predicted molar refractivity (Wildman–Crippen MR) is 367 cm³/mol. The van der Waals surface area contributed by atoms with Crippen LogP contribution >= 0.6 is 0 Å². The molecule has 99 heavy (non-hydrogen) atoms. The minimum Gasteiger partial charge on any atom is -0.469 e. The number of nitrogens with two attached hydrogens (primary N) is 1. The summed E-state index contributed by atoms with van der Waals surface area (Å²) in [5.74, 6) is -7.47. The van der Waals surface area contributed by atoms with E-state index >= 15 is 0 Å². The van der Waals surface area contributed by atoms with E-state index in [4.69, 9.17) is 38.9 Å². The average molecular weight is 1370 g/mol. The van der Waals surface area contributed by atoms with E-state index < -0.39 is 136 Å². The third-order valence-corrected chi connectivity index (χ3v) is 16.7. The van der Waals surface area contributed by atoms with Crippen molar-refractivity contribution in [3.63, 3.8) is 0 Å². The number of likely N-dealkylation sites (tertiary alicyclic amines) is 2. The van der Waals surface area contributed by atoms with Crippen molar-refractivity contribution in [1.29, 1.82) is 0 Å². The zero-order valence-corrected chi connectivity index (χ0v) is 59.7. The summed E-state index contributed by atoms with van der Waals surface area (Å²) in [6, 6.07) is 31.8. The standard InChI is InChI=1S/C45H55N3O10.C30H45N3O8/c1-43(2,3)57-38(50)27-30(39(51)55-7)26-37(49)36(25-29-15-9-8-10-16-29)46-40(52)45(21-23-48(24-22-45)42(54)58-44(4,5)6)47-41(53)56-28-35-33-19-13-11-17-31(33)32-18-12-14-20-34(32)35;1-28(2,3)40-24(35)19-21(25(36)39-7)18-23(34)22(17-20-11-9-8-10-12-20)32-26(37)30(31)13-15-33(16-14-30)27(38)41-29(4,5)6/h8-20,30,35-36H,21-28H2,1-7H3,(H,46,52)(H,47,53);8-12,21-22H,13-19,31H2,1-7H3,(H,32,37)/t30-,36-;21-,22-/m00/s1. The van der Waals surface area contributed by atoms with Crippen LogP contribution in [0.5, 0.6) is 0 Å². The quantitative estimate of drug-likeness (QED) is 0.0397. The van der Waals surface area contributed by atoms with Crippen molar-refractivity contribution in [3.8, 4) is 11.1 Å². The van der Waals surface area contributed by atoms with Crippen molar-refractivity contribution in [2.45, 2.75) is 199 Å². The molecule has 3 aliphatic rings. The van der Waals surface area contributed by atoms with Crippen LogP contribution in [-0.2, 0) is 84.4 Å². The molecular weight excluding hydrogens is 1270 g/mol. The second-order valence-corrected chi connectivity index (χ2v) is 29.4. The molecule has 2 heterocycles. The van der Waals surface area contributed by atoms with Gasteiger partial charge in [-0.2, -0.15) is 0 Å². The molecule has 0 spiro atoms. The highest BCUT2D eigenvalue weighted by atomic mass is 16.6. The second-order valence-electron chi connectivity index (χ2n) is 29.4. The molecule has 2 aliphatic heterocycles. The summed E-state index contributed by atoms with van der Waals surface area (Å²) in [6.45, 7) is 21.3. The van der Waals surface area contributed by atoms with E-state index in [2.05, 4.69) is 16.0 Å². The third kappa shape index (κ3) is 24.1. The van der Waals surface area contributed by atoms with E-state index in [0.717, 1.165) is 33.4 Å². The second kappa shape index (κ2) is 34.1. The smallest absolute Gasteiger partial charge is 0.410 e. The first kappa shape index (κ1) is 78.8. The summed E-state index contributed by atoms with van der Waals surface area (Å²) < 4.78 is 37.4. The first-order valence-electron chi connectivity index (χ1n) is 33.5. The number of methoxy groups -OCH3 is 2. The van der Waals surface area contributed by atoms with Crippen LogP contribution in [0, 0.1) is 11.8 Å². The summed E-state index contributed by atoms with van der Waals surface area (Å²) in [5.41, 5.74) is 6.27. The van der Waals surface area contributed by atoms with Crippen LogP contribution in [0.15, 0.2) is 109 Å². The van der Waals surface area contributed by atoms with Gasteiger partial charge in [0.2, 0.25) is 11.8 Å². The van der Waals surface area contributed by atoms with E-state index in [1.165, 1.54) is 24.0 Å². The fraction of sp³-hybridized carbons (Fsp3) is 0.533. The van der Waals surface area contributed by atoms with Crippen LogP contribution in [0.4, 0.5) is 14.4 Å². The van der Waals surface area contributed by atoms with E-state index in [-0.39, 0.29) is 90.1 Å². The van der Waals surface area contributed by atoms with E-state index in [1.54, 1.807) is 107 Å². The number of hydrogen-bond acceptors (Lipinski definition) is 19. The maximum atomic E-state index is 14.6. The first-order chi connectivity index (χ1) is 46.3. The number of alkyl carbamates (subject to hydrolysis) is 1. The minimum atomic E-state index is -1.60. The maximum Gasteiger partial charge on any atom is 0.410 e. The Kier molecular flexibility index (Phi) is 27.1. The number of benzene rings is 4. The number of Topliss-reactive ketones (excluding diaryl/α,β-unsaturated/α-hetero) is 2. The Morgan fingerprint density at radius 1 is 0.475 bits per heavy atom. The molecule has 0 aromatic heterocycles. The van der Waals surface area contributed by atoms with Crippen LogP contribution in [0.1, 0.15) is 163 Å². The molecule has 4 aromatic rings. The molecule has 4 aromatic carbocycles. The fourth-order valence-electron chi connectivity index (χ4n) is 11.8. The molecule has 0 saturated carbocycles. The normalized spacial score (nSPS) is 16.2.